The van der Waals surface area contributed by atoms with Crippen LogP contribution < -0.4 is 5.73 Å². The van der Waals surface area contributed by atoms with Gasteiger partial charge in [-0.05, 0) is 25.5 Å². The third-order valence-corrected chi connectivity index (χ3v) is 3.48. The van der Waals surface area contributed by atoms with E-state index < -0.39 is 11.9 Å². The molecule has 3 N–H and O–H groups in total. The lowest BCUT2D eigenvalue weighted by Gasteiger charge is -2.18. The van der Waals surface area contributed by atoms with Crippen molar-refractivity contribution < 1.29 is 14.3 Å². The van der Waals surface area contributed by atoms with E-state index in [1.54, 1.807) is 11.8 Å². The minimum atomic E-state index is -0.577. The summed E-state index contributed by atoms with van der Waals surface area (Å²) in [4.78, 5) is 13.8. The summed E-state index contributed by atoms with van der Waals surface area (Å²) in [5.41, 5.74) is 5.66. The number of hydrogen-bond donors (Lipinski definition) is 2. The number of aliphatic hydroxyl groups is 1. The summed E-state index contributed by atoms with van der Waals surface area (Å²) in [5, 5.41) is 9.50. The first kappa shape index (κ1) is 12.8. The summed E-state index contributed by atoms with van der Waals surface area (Å²) in [5.74, 6) is -0.758. The molecule has 5 heteroatoms. The van der Waals surface area contributed by atoms with Gasteiger partial charge in [0.15, 0.2) is 0 Å². The van der Waals surface area contributed by atoms with Crippen LogP contribution in [-0.2, 0) is 0 Å². The predicted molar refractivity (Wildman–Crippen MR) is 66.5 cm³/mol. The van der Waals surface area contributed by atoms with Crippen LogP contribution in [0.1, 0.15) is 23.7 Å². The first-order chi connectivity index (χ1) is 8.50. The number of anilines is 1. The monoisotopic (exact) mass is 252 g/mol. The zero-order valence-corrected chi connectivity index (χ0v) is 10.3. The fraction of sp³-hybridized carbons (Fsp3) is 0.462. The highest BCUT2D eigenvalue weighted by Gasteiger charge is 2.30. The molecule has 98 valence electrons. The number of nitrogens with two attached hydrogens (primary N) is 1. The van der Waals surface area contributed by atoms with Gasteiger partial charge in [-0.15, -0.1) is 0 Å². The second-order valence-corrected chi connectivity index (χ2v) is 4.74. The number of likely N-dealkylation sites (tertiary alicyclic amines) is 1. The molecular formula is C13H17FN2O2. The number of nitrogen functional groups attached to an aromatic ring is 1. The Balaban J connectivity index is 2.16. The number of benzene rings is 1. The van der Waals surface area contributed by atoms with Crippen molar-refractivity contribution in [2.24, 2.45) is 5.92 Å². The predicted octanol–water partition coefficient (Wildman–Crippen LogP) is 1.25. The molecule has 0 bridgehead atoms. The first-order valence-electron chi connectivity index (χ1n) is 6.02. The van der Waals surface area contributed by atoms with E-state index in [9.17, 15) is 14.3 Å². The molecule has 1 aromatic rings. The molecule has 1 aliphatic rings. The maximum atomic E-state index is 13.3. The second-order valence-electron chi connectivity index (χ2n) is 4.74. The van der Waals surface area contributed by atoms with Gasteiger partial charge in [0.05, 0.1) is 17.4 Å². The Hall–Kier alpha value is -1.62. The summed E-state index contributed by atoms with van der Waals surface area (Å²) >= 11 is 0. The quantitative estimate of drug-likeness (QED) is 0.778. The molecule has 4 nitrogen and oxygen atoms in total. The van der Waals surface area contributed by atoms with Crippen molar-refractivity contribution in [1.29, 1.82) is 0 Å². The SMILES string of the molecule is CC(O)C1CCN(C(=O)c2cccc(F)c2N)C1. The number of carbonyl (C=O) groups is 1. The molecule has 1 fully saturated rings. The Morgan fingerprint density at radius 1 is 1.61 bits per heavy atom. The Morgan fingerprint density at radius 2 is 2.33 bits per heavy atom. The van der Waals surface area contributed by atoms with Gasteiger partial charge in [-0.25, -0.2) is 4.39 Å². The molecule has 2 atom stereocenters. The lowest BCUT2D eigenvalue weighted by Crippen LogP contribution is -2.31. The smallest absolute Gasteiger partial charge is 0.256 e. The van der Waals surface area contributed by atoms with Gasteiger partial charge < -0.3 is 15.7 Å². The van der Waals surface area contributed by atoms with Crippen LogP contribution in [0.2, 0.25) is 0 Å². The van der Waals surface area contributed by atoms with Gasteiger partial charge in [0.2, 0.25) is 0 Å². The van der Waals surface area contributed by atoms with E-state index in [2.05, 4.69) is 0 Å². The molecule has 1 saturated heterocycles. The Kier molecular flexibility index (Phi) is 3.52. The summed E-state index contributed by atoms with van der Waals surface area (Å²) in [6, 6.07) is 4.23. The van der Waals surface area contributed by atoms with Gasteiger partial charge in [0.1, 0.15) is 5.82 Å². The number of para-hydroxylation sites is 1. The summed E-state index contributed by atoms with van der Waals surface area (Å²) < 4.78 is 13.3. The molecule has 0 aliphatic carbocycles. The van der Waals surface area contributed by atoms with Gasteiger partial charge in [-0.3, -0.25) is 4.79 Å². The van der Waals surface area contributed by atoms with Crippen LogP contribution in [0.3, 0.4) is 0 Å². The highest BCUT2D eigenvalue weighted by molar-refractivity contribution is 5.99. The van der Waals surface area contributed by atoms with Crippen LogP contribution in [0, 0.1) is 11.7 Å². The molecule has 0 radical (unpaired) electrons. The van der Waals surface area contributed by atoms with Crippen LogP contribution in [-0.4, -0.2) is 35.1 Å². The van der Waals surface area contributed by atoms with Crippen molar-refractivity contribution in [3.05, 3.63) is 29.6 Å². The molecule has 0 aromatic heterocycles. The molecule has 0 spiro atoms. The van der Waals surface area contributed by atoms with Gasteiger partial charge in [-0.2, -0.15) is 0 Å². The number of rotatable bonds is 2. The molecule has 1 aliphatic heterocycles. The van der Waals surface area contributed by atoms with Crippen molar-refractivity contribution in [1.82, 2.24) is 4.90 Å². The molecule has 1 amide bonds. The number of hydrogen-bond acceptors (Lipinski definition) is 3. The van der Waals surface area contributed by atoms with Gasteiger partial charge in [-0.1, -0.05) is 6.07 Å². The Labute approximate surface area is 105 Å². The highest BCUT2D eigenvalue weighted by atomic mass is 19.1. The summed E-state index contributed by atoms with van der Waals surface area (Å²) in [6.07, 6.45) is 0.325. The topological polar surface area (TPSA) is 66.6 Å². The van der Waals surface area contributed by atoms with E-state index in [4.69, 9.17) is 5.73 Å². The molecular weight excluding hydrogens is 235 g/mol. The molecule has 0 saturated carbocycles. The number of nitrogens with zero attached hydrogens (tertiary/aromatic N) is 1. The molecule has 1 aromatic carbocycles. The Bertz CT molecular complexity index is 462. The second kappa shape index (κ2) is 4.94. The van der Waals surface area contributed by atoms with Crippen molar-refractivity contribution in [3.63, 3.8) is 0 Å². The van der Waals surface area contributed by atoms with Gasteiger partial charge in [0.25, 0.3) is 5.91 Å². The van der Waals surface area contributed by atoms with E-state index in [0.717, 1.165) is 6.42 Å². The number of halogens is 1. The minimum Gasteiger partial charge on any atom is -0.396 e. The largest absolute Gasteiger partial charge is 0.396 e. The van der Waals surface area contributed by atoms with E-state index in [1.165, 1.54) is 18.2 Å². The van der Waals surface area contributed by atoms with Crippen LogP contribution >= 0.6 is 0 Å². The molecule has 1 heterocycles. The van der Waals surface area contributed by atoms with Crippen LogP contribution in [0.4, 0.5) is 10.1 Å². The van der Waals surface area contributed by atoms with Crippen LogP contribution in [0.5, 0.6) is 0 Å². The molecule has 2 unspecified atom stereocenters. The van der Waals surface area contributed by atoms with E-state index in [1.807, 2.05) is 0 Å². The standard InChI is InChI=1S/C13H17FN2O2/c1-8(17)9-5-6-16(7-9)13(18)10-3-2-4-11(14)12(10)15/h2-4,8-9,17H,5-7,15H2,1H3. The number of carbonyl (C=O) groups excluding carboxylic acids is 1. The first-order valence-corrected chi connectivity index (χ1v) is 6.02. The fourth-order valence-electron chi connectivity index (χ4n) is 2.26. The van der Waals surface area contributed by atoms with Gasteiger partial charge in [0, 0.05) is 19.0 Å². The summed E-state index contributed by atoms with van der Waals surface area (Å²) in [7, 11) is 0. The fourth-order valence-corrected chi connectivity index (χ4v) is 2.26. The lowest BCUT2D eigenvalue weighted by atomic mass is 10.0. The Morgan fingerprint density at radius 3 is 2.94 bits per heavy atom. The maximum absolute atomic E-state index is 13.3. The molecule has 18 heavy (non-hydrogen) atoms. The van der Waals surface area contributed by atoms with Crippen molar-refractivity contribution in [2.75, 3.05) is 18.8 Å². The number of amides is 1. The van der Waals surface area contributed by atoms with E-state index in [0.29, 0.717) is 13.1 Å². The van der Waals surface area contributed by atoms with Crippen molar-refractivity contribution in [3.8, 4) is 0 Å². The van der Waals surface area contributed by atoms with Crippen molar-refractivity contribution >= 4 is 11.6 Å². The van der Waals surface area contributed by atoms with Crippen molar-refractivity contribution in [2.45, 2.75) is 19.4 Å². The number of aliphatic hydroxyl groups excluding tert-OH is 1. The zero-order chi connectivity index (χ0) is 13.3. The van der Waals surface area contributed by atoms with Gasteiger partial charge >= 0.3 is 0 Å². The third-order valence-electron chi connectivity index (χ3n) is 3.48. The molecule has 2 rings (SSSR count). The zero-order valence-electron chi connectivity index (χ0n) is 10.3. The normalized spacial score (nSPS) is 21.1. The minimum absolute atomic E-state index is 0.0868. The maximum Gasteiger partial charge on any atom is 0.256 e. The average Bonchev–Trinajstić information content (AvgIpc) is 2.81. The lowest BCUT2D eigenvalue weighted by molar-refractivity contribution is 0.0763. The van der Waals surface area contributed by atoms with E-state index >= 15 is 0 Å². The summed E-state index contributed by atoms with van der Waals surface area (Å²) in [6.45, 7) is 2.78. The van der Waals surface area contributed by atoms with Crippen LogP contribution in [0.15, 0.2) is 18.2 Å². The third kappa shape index (κ3) is 2.31. The average molecular weight is 252 g/mol. The van der Waals surface area contributed by atoms with Crippen LogP contribution in [0.25, 0.3) is 0 Å². The highest BCUT2D eigenvalue weighted by Crippen LogP contribution is 2.24. The van der Waals surface area contributed by atoms with E-state index in [-0.39, 0.29) is 23.1 Å².